The summed E-state index contributed by atoms with van der Waals surface area (Å²) in [4.78, 5) is 60.3. The number of benzene rings is 4. The summed E-state index contributed by atoms with van der Waals surface area (Å²) in [6, 6.07) is 34.5. The molecule has 0 saturated carbocycles. The third kappa shape index (κ3) is 22.3. The van der Waals surface area contributed by atoms with Gasteiger partial charge in [0.2, 0.25) is 0 Å². The van der Waals surface area contributed by atoms with Gasteiger partial charge in [-0.1, -0.05) is 86.7 Å². The van der Waals surface area contributed by atoms with Crippen molar-refractivity contribution in [3.05, 3.63) is 188 Å². The van der Waals surface area contributed by atoms with E-state index < -0.39 is 58.6 Å². The zero-order valence-corrected chi connectivity index (χ0v) is 56.4. The molecule has 6 aromatic rings. The first-order valence-electron chi connectivity index (χ1n) is 31.2. The molecule has 2 aliphatic heterocycles. The van der Waals surface area contributed by atoms with Gasteiger partial charge in [-0.2, -0.15) is 20.5 Å². The summed E-state index contributed by atoms with van der Waals surface area (Å²) in [6.07, 6.45) is 9.52. The second-order valence-corrected chi connectivity index (χ2v) is 26.0. The number of rotatable bonds is 26. The van der Waals surface area contributed by atoms with Crippen molar-refractivity contribution in [1.82, 2.24) is 28.4 Å². The van der Waals surface area contributed by atoms with E-state index in [0.29, 0.717) is 66.6 Å². The Hall–Kier alpha value is -7.56. The van der Waals surface area contributed by atoms with Gasteiger partial charge < -0.3 is 38.8 Å². The lowest BCUT2D eigenvalue weighted by atomic mass is 10.1. The lowest BCUT2D eigenvalue weighted by molar-refractivity contribution is -0.0217. The second-order valence-electron chi connectivity index (χ2n) is 23.0. The molecule has 8 atom stereocenters. The highest BCUT2D eigenvalue weighted by atomic mass is 31.2. The highest BCUT2D eigenvalue weighted by Gasteiger charge is 2.41. The number of hydrogen-bond acceptors (Lipinski definition) is 16. The molecule has 0 aliphatic carbocycles. The van der Waals surface area contributed by atoms with Crippen LogP contribution in [0.15, 0.2) is 131 Å². The topological polar surface area (TPSA) is 248 Å². The number of amides is 2. The molecule has 2 aromatic heterocycles. The van der Waals surface area contributed by atoms with E-state index in [1.165, 1.54) is 33.4 Å². The van der Waals surface area contributed by atoms with Crippen LogP contribution in [0.2, 0.25) is 0 Å². The van der Waals surface area contributed by atoms with Gasteiger partial charge in [-0.15, -0.1) is 0 Å². The van der Waals surface area contributed by atoms with Crippen LogP contribution < -0.4 is 22.0 Å². The Morgan fingerprint density at radius 1 is 0.634 bits per heavy atom. The van der Waals surface area contributed by atoms with Crippen molar-refractivity contribution >= 4 is 64.6 Å². The molecule has 8 rings (SSSR count). The Morgan fingerprint density at radius 3 is 1.44 bits per heavy atom. The van der Waals surface area contributed by atoms with Gasteiger partial charge in [0, 0.05) is 71.7 Å². The number of aliphatic hydroxyl groups excluding tert-OH is 1. The highest BCUT2D eigenvalue weighted by molar-refractivity contribution is 7.49. The fourth-order valence-corrected chi connectivity index (χ4v) is 14.0. The van der Waals surface area contributed by atoms with Crippen molar-refractivity contribution in [3.8, 4) is 12.1 Å². The van der Waals surface area contributed by atoms with Crippen LogP contribution in [-0.4, -0.2) is 114 Å². The van der Waals surface area contributed by atoms with Crippen molar-refractivity contribution in [2.24, 2.45) is 0 Å². The monoisotopic (exact) mass is 1310 g/mol. The molecule has 496 valence electrons. The molecule has 2 amide bonds. The Labute approximate surface area is 546 Å². The molecule has 93 heavy (non-hydrogen) atoms. The van der Waals surface area contributed by atoms with E-state index in [1.54, 1.807) is 122 Å². The highest BCUT2D eigenvalue weighted by Crippen LogP contribution is 2.50. The Morgan fingerprint density at radius 2 is 1.04 bits per heavy atom. The van der Waals surface area contributed by atoms with Crippen molar-refractivity contribution in [2.45, 2.75) is 169 Å². The van der Waals surface area contributed by atoms with E-state index >= 15 is 0 Å². The van der Waals surface area contributed by atoms with Gasteiger partial charge >= 0.3 is 11.4 Å². The number of hydrogen-bond donors (Lipinski definition) is 3. The SMILES string of the molecule is CC(C)N(C(C)C)P(C)OCCC#N.CC[C@H]1O[C@@H](n2cc(/C=C/c3ccc(F)cc3)c(NC(=O)c3ccccc3)nc2=O)C[C@H]1O.CC[C@H]1O[C@@H](n2cc(/C=C/c3ccc(F)cc3)c(NC(=O)c3ccccc3)nc2=O)C[C@H]1OP(OCCC#N)N(C(C)C)C(C)C. The molecule has 24 heteroatoms. The normalized spacial score (nSPS) is 18.6. The van der Waals surface area contributed by atoms with E-state index in [9.17, 15) is 33.1 Å². The summed E-state index contributed by atoms with van der Waals surface area (Å²) in [6.45, 7) is 23.8. The average molecular weight is 1320 g/mol. The number of aromatic nitrogens is 4. The molecule has 0 spiro atoms. The number of nitrogens with zero attached hydrogens (tertiary/aromatic N) is 8. The maximum Gasteiger partial charge on any atom is 0.351 e. The van der Waals surface area contributed by atoms with Gasteiger partial charge in [-0.05, 0) is 147 Å². The molecule has 20 nitrogen and oxygen atoms in total. The average Bonchev–Trinajstić information content (AvgIpc) is 1.76. The minimum Gasteiger partial charge on any atom is -0.390 e. The molecule has 0 bridgehead atoms. The number of anilines is 2. The number of aliphatic hydroxyl groups is 1. The molecular formula is C69H86F2N10O10P2. The minimum atomic E-state index is -1.52. The first-order valence-corrected chi connectivity index (χ1v) is 34.0. The first kappa shape index (κ1) is 74.5. The summed E-state index contributed by atoms with van der Waals surface area (Å²) in [5, 5.41) is 33.1. The van der Waals surface area contributed by atoms with Gasteiger partial charge in [0.25, 0.3) is 20.3 Å². The summed E-state index contributed by atoms with van der Waals surface area (Å²) in [5.74, 6) is -1.34. The zero-order chi connectivity index (χ0) is 67.7. The van der Waals surface area contributed by atoms with Crippen LogP contribution in [0.3, 0.4) is 0 Å². The van der Waals surface area contributed by atoms with E-state index in [2.05, 4.69) is 104 Å². The molecule has 2 saturated heterocycles. The van der Waals surface area contributed by atoms with Gasteiger partial charge in [0.1, 0.15) is 44.0 Å². The van der Waals surface area contributed by atoms with Gasteiger partial charge in [0.15, 0.2) is 0 Å². The van der Waals surface area contributed by atoms with Crippen molar-refractivity contribution in [1.29, 1.82) is 10.5 Å². The fourth-order valence-electron chi connectivity index (χ4n) is 10.4. The van der Waals surface area contributed by atoms with Crippen LogP contribution in [0.25, 0.3) is 24.3 Å². The third-order valence-electron chi connectivity index (χ3n) is 14.7. The fraction of sp³-hybridized carbons (Fsp3) is 0.420. The standard InChI is InChI=1S/C34H41FN5O5P.C25H24FN3O4.C10H21N2OP/c1-6-29-30(45-46(43-20-10-19-36)40(23(2)3)24(4)5)21-31(44-29)39-22-27(16-13-25-14-17-28(35)18-15-25)32(38-34(39)42)37-33(41)26-11-8-7-9-12-26;1-2-21-20(30)14-22(33-21)29-15-18(11-8-16-9-12-19(26)13-10-16)23(28-25(29)32)27-24(31)17-6-4-3-5-7-17;1-9(2)12(10(3)4)14(5)13-8-6-7-11/h7-9,11-18,22-24,29-31H,6,10,20-21H2,1-5H3,(H,37,38,41,42);3-13,15,20-22,30H,2,14H2,1H3,(H,27,28,31,32);9-10H,6,8H2,1-5H3/b16-13+;11-8+;/t29-,30-,31-,46?;20-,21-,22-;/m11./s1. The lowest BCUT2D eigenvalue weighted by Crippen LogP contribution is -2.35. The predicted octanol–water partition coefficient (Wildman–Crippen LogP) is 14.0. The van der Waals surface area contributed by atoms with Crippen LogP contribution in [0.1, 0.15) is 163 Å². The smallest absolute Gasteiger partial charge is 0.351 e. The lowest BCUT2D eigenvalue weighted by Gasteiger charge is -2.37. The first-order chi connectivity index (χ1) is 44.5. The summed E-state index contributed by atoms with van der Waals surface area (Å²) < 4.78 is 64.5. The minimum absolute atomic E-state index is 0.0882. The number of carbonyl (C=O) groups is 2. The van der Waals surface area contributed by atoms with E-state index in [1.807, 2.05) is 13.8 Å². The quantitative estimate of drug-likeness (QED) is 0.0337. The Kier molecular flexibility index (Phi) is 29.9. The van der Waals surface area contributed by atoms with E-state index in [-0.39, 0.29) is 73.1 Å². The number of halogens is 2. The zero-order valence-electron chi connectivity index (χ0n) is 54.6. The van der Waals surface area contributed by atoms with Crippen LogP contribution in [0.5, 0.6) is 0 Å². The second kappa shape index (κ2) is 37.4. The third-order valence-corrected chi connectivity index (χ3v) is 19.0. The van der Waals surface area contributed by atoms with Crippen LogP contribution >= 0.6 is 16.8 Å². The van der Waals surface area contributed by atoms with Crippen LogP contribution in [0.4, 0.5) is 20.4 Å². The van der Waals surface area contributed by atoms with E-state index in [0.717, 1.165) is 11.1 Å². The molecule has 0 radical (unpaired) electrons. The van der Waals surface area contributed by atoms with E-state index in [4.69, 9.17) is 33.6 Å². The van der Waals surface area contributed by atoms with Gasteiger partial charge in [-0.3, -0.25) is 23.4 Å². The summed E-state index contributed by atoms with van der Waals surface area (Å²) in [5.41, 5.74) is 2.01. The Balaban J connectivity index is 0.000000253. The number of carbonyl (C=O) groups excluding carboxylic acids is 2. The maximum absolute atomic E-state index is 13.5. The Bertz CT molecular complexity index is 3590. The molecule has 4 aromatic carbocycles. The van der Waals surface area contributed by atoms with Gasteiger partial charge in [0.05, 0.1) is 62.6 Å². The maximum atomic E-state index is 13.5. The van der Waals surface area contributed by atoms with Crippen LogP contribution in [0, 0.1) is 34.3 Å². The molecular weight excluding hydrogens is 1230 g/mol. The molecule has 2 fully saturated rings. The number of ether oxygens (including phenoxy) is 2. The molecule has 2 aliphatic rings. The van der Waals surface area contributed by atoms with Crippen LogP contribution in [-0.2, 0) is 23.0 Å². The largest absolute Gasteiger partial charge is 0.390 e. The molecule has 4 heterocycles. The van der Waals surface area contributed by atoms with Crippen molar-refractivity contribution in [2.75, 3.05) is 30.5 Å². The number of nitrogens with one attached hydrogen (secondary N) is 2. The predicted molar refractivity (Wildman–Crippen MR) is 361 cm³/mol. The van der Waals surface area contributed by atoms with Gasteiger partial charge in [-0.25, -0.2) is 23.0 Å². The summed E-state index contributed by atoms with van der Waals surface area (Å²) >= 11 is 0. The summed E-state index contributed by atoms with van der Waals surface area (Å²) in [7, 11) is -2.07. The molecule has 2 unspecified atom stereocenters. The van der Waals surface area contributed by atoms with Crippen molar-refractivity contribution < 1.29 is 46.5 Å². The molecule has 3 N–H and O–H groups in total. The van der Waals surface area contributed by atoms with Crippen molar-refractivity contribution in [3.63, 3.8) is 0 Å². The number of nitriles is 2.